The van der Waals surface area contributed by atoms with Crippen molar-refractivity contribution >= 4 is 23.8 Å². The van der Waals surface area contributed by atoms with Crippen molar-refractivity contribution < 1.29 is 37.8 Å². The molecule has 0 saturated carbocycles. The van der Waals surface area contributed by atoms with Gasteiger partial charge in [-0.25, -0.2) is 9.78 Å². The number of esters is 2. The van der Waals surface area contributed by atoms with E-state index in [1.807, 2.05) is 51.1 Å². The maximum Gasteiger partial charge on any atom is 0.335 e. The van der Waals surface area contributed by atoms with Crippen LogP contribution in [0.3, 0.4) is 0 Å². The molecule has 0 unspecified atom stereocenters. The third-order valence-electron chi connectivity index (χ3n) is 9.65. The van der Waals surface area contributed by atoms with Crippen LogP contribution in [0.25, 0.3) is 0 Å². The molecule has 0 radical (unpaired) electrons. The molecular formula is C40H52N4O8. The van der Waals surface area contributed by atoms with Gasteiger partial charge in [0.25, 0.3) is 5.91 Å². The quantitative estimate of drug-likeness (QED) is 0.417. The van der Waals surface area contributed by atoms with Crippen LogP contribution >= 0.6 is 0 Å². The second kappa shape index (κ2) is 19.3. The molecule has 52 heavy (non-hydrogen) atoms. The number of amides is 2. The standard InChI is InChI=1S/C40H52N4O8/c1-4-35-29(3)10-15-36(45)41-17-6-7-28(2)23-33(51-38(46)24-30-11-13-31(14-12-30)25-43-19-21-49-22-20-43)8-5-9-37-42-34(27-50-37)39(47)44-18-16-32(26-44)40(48)52-35/h6-7,11-14,16,23,27,29,33,35H,4-5,8-10,15,17-22,24-26H2,1-3H3,(H,41,45)/b7-6+,28-23+/t29-,33+,35-/m1/s1. The number of benzene rings is 1. The Morgan fingerprint density at radius 1 is 1.06 bits per heavy atom. The fourth-order valence-electron chi connectivity index (χ4n) is 6.55. The smallest absolute Gasteiger partial charge is 0.335 e. The van der Waals surface area contributed by atoms with Crippen LogP contribution in [0.15, 0.2) is 70.4 Å². The monoisotopic (exact) mass is 716 g/mol. The molecule has 1 saturated heterocycles. The van der Waals surface area contributed by atoms with Gasteiger partial charge in [-0.05, 0) is 55.7 Å². The van der Waals surface area contributed by atoms with Crippen LogP contribution in [0.5, 0.6) is 0 Å². The van der Waals surface area contributed by atoms with E-state index in [0.717, 1.165) is 44.0 Å². The topological polar surface area (TPSA) is 141 Å². The molecule has 2 amide bonds. The fourth-order valence-corrected chi connectivity index (χ4v) is 6.55. The molecule has 1 N–H and O–H groups in total. The lowest BCUT2D eigenvalue weighted by Crippen LogP contribution is -2.35. The zero-order chi connectivity index (χ0) is 36.9. The molecule has 3 aliphatic rings. The normalized spacial score (nSPS) is 24.9. The highest BCUT2D eigenvalue weighted by Crippen LogP contribution is 2.22. The van der Waals surface area contributed by atoms with Crippen molar-refractivity contribution in [1.29, 1.82) is 0 Å². The van der Waals surface area contributed by atoms with Gasteiger partial charge in [0.1, 0.15) is 18.5 Å². The van der Waals surface area contributed by atoms with Crippen molar-refractivity contribution in [3.05, 3.63) is 88.7 Å². The number of nitrogens with one attached hydrogen (secondary N) is 1. The molecule has 0 spiro atoms. The number of ether oxygens (including phenoxy) is 3. The third kappa shape index (κ3) is 11.7. The number of aryl methyl sites for hydroxylation is 1. The first-order chi connectivity index (χ1) is 25.2. The minimum absolute atomic E-state index is 0.0291. The van der Waals surface area contributed by atoms with Gasteiger partial charge in [-0.3, -0.25) is 19.3 Å². The number of cyclic esters (lactones) is 1. The van der Waals surface area contributed by atoms with Gasteiger partial charge in [0, 0.05) is 45.6 Å². The van der Waals surface area contributed by atoms with Crippen LogP contribution in [0.1, 0.15) is 80.4 Å². The summed E-state index contributed by atoms with van der Waals surface area (Å²) >= 11 is 0. The van der Waals surface area contributed by atoms with Gasteiger partial charge in [0.2, 0.25) is 5.91 Å². The van der Waals surface area contributed by atoms with E-state index in [9.17, 15) is 19.2 Å². The van der Waals surface area contributed by atoms with Gasteiger partial charge in [0.05, 0.1) is 31.8 Å². The van der Waals surface area contributed by atoms with Crippen molar-refractivity contribution in [2.24, 2.45) is 5.92 Å². The molecule has 1 aromatic carbocycles. The molecule has 280 valence electrons. The van der Waals surface area contributed by atoms with E-state index >= 15 is 0 Å². The highest BCUT2D eigenvalue weighted by molar-refractivity contribution is 5.96. The van der Waals surface area contributed by atoms with Crippen molar-refractivity contribution in [2.75, 3.05) is 45.9 Å². The summed E-state index contributed by atoms with van der Waals surface area (Å²) in [7, 11) is 0. The Morgan fingerprint density at radius 2 is 1.83 bits per heavy atom. The molecule has 5 rings (SSSR count). The summed E-state index contributed by atoms with van der Waals surface area (Å²) in [6.07, 6.45) is 11.0. The van der Waals surface area contributed by atoms with E-state index in [-0.39, 0.29) is 55.0 Å². The first-order valence-electron chi connectivity index (χ1n) is 18.5. The average Bonchev–Trinajstić information content (AvgIpc) is 3.83. The van der Waals surface area contributed by atoms with Crippen molar-refractivity contribution in [1.82, 2.24) is 20.1 Å². The molecule has 4 bridgehead atoms. The molecule has 1 aromatic heterocycles. The Morgan fingerprint density at radius 3 is 2.60 bits per heavy atom. The lowest BCUT2D eigenvalue weighted by molar-refractivity contribution is -0.147. The number of carbonyl (C=O) groups excluding carboxylic acids is 4. The Balaban J connectivity index is 1.24. The van der Waals surface area contributed by atoms with E-state index in [1.165, 1.54) is 16.7 Å². The van der Waals surface area contributed by atoms with E-state index in [2.05, 4.69) is 27.3 Å². The van der Waals surface area contributed by atoms with Gasteiger partial charge in [0.15, 0.2) is 11.6 Å². The molecule has 4 heterocycles. The maximum absolute atomic E-state index is 13.2. The number of aromatic nitrogens is 1. The van der Waals surface area contributed by atoms with Crippen molar-refractivity contribution in [3.8, 4) is 0 Å². The largest absolute Gasteiger partial charge is 0.459 e. The Labute approximate surface area is 306 Å². The van der Waals surface area contributed by atoms with Gasteiger partial charge in [-0.15, -0.1) is 0 Å². The van der Waals surface area contributed by atoms with Crippen LogP contribution in [0.2, 0.25) is 0 Å². The SMILES string of the molecule is CC[C@H]1OC(=O)C2=CCN(C2)C(=O)c2coc(n2)CCC[C@H](OC(=O)Cc2ccc(CN3CCOCC3)cc2)/C=C(C)/C=C/CNC(=O)CC[C@H]1C. The molecule has 0 aliphatic carbocycles. The average molecular weight is 717 g/mol. The fraction of sp³-hybridized carbons (Fsp3) is 0.525. The minimum Gasteiger partial charge on any atom is -0.459 e. The molecule has 3 aliphatic heterocycles. The van der Waals surface area contributed by atoms with E-state index in [4.69, 9.17) is 18.6 Å². The van der Waals surface area contributed by atoms with Crippen LogP contribution in [-0.2, 0) is 48.0 Å². The molecule has 1 fully saturated rings. The number of hydrogen-bond acceptors (Lipinski definition) is 10. The van der Waals surface area contributed by atoms with Gasteiger partial charge < -0.3 is 28.8 Å². The zero-order valence-electron chi connectivity index (χ0n) is 30.6. The zero-order valence-corrected chi connectivity index (χ0v) is 30.6. The number of allylic oxidation sites excluding steroid dienone is 2. The minimum atomic E-state index is -0.504. The number of nitrogens with zero attached hydrogens (tertiary/aromatic N) is 3. The number of fused-ring (bicyclic) bond motifs is 4. The first kappa shape index (κ1) is 38.7. The predicted molar refractivity (Wildman–Crippen MR) is 194 cm³/mol. The summed E-state index contributed by atoms with van der Waals surface area (Å²) in [6, 6.07) is 8.07. The van der Waals surface area contributed by atoms with E-state index in [0.29, 0.717) is 56.5 Å². The first-order valence-corrected chi connectivity index (χ1v) is 18.5. The molecule has 12 nitrogen and oxygen atoms in total. The van der Waals surface area contributed by atoms with Gasteiger partial charge in [-0.1, -0.05) is 61.9 Å². The molecular weight excluding hydrogens is 664 g/mol. The van der Waals surface area contributed by atoms with Crippen LogP contribution < -0.4 is 5.32 Å². The predicted octanol–water partition coefficient (Wildman–Crippen LogP) is 4.74. The number of carbonyl (C=O) groups is 4. The lowest BCUT2D eigenvalue weighted by Gasteiger charge is -2.26. The second-order valence-corrected chi connectivity index (χ2v) is 13.8. The number of rotatable bonds is 6. The van der Waals surface area contributed by atoms with Gasteiger partial charge >= 0.3 is 11.9 Å². The Bertz CT molecular complexity index is 1620. The third-order valence-corrected chi connectivity index (χ3v) is 9.65. The van der Waals surface area contributed by atoms with E-state index < -0.39 is 12.1 Å². The Hall–Kier alpha value is -4.55. The lowest BCUT2D eigenvalue weighted by atomic mass is 9.96. The summed E-state index contributed by atoms with van der Waals surface area (Å²) < 4.78 is 22.9. The molecule has 12 heteroatoms. The molecule has 3 atom stereocenters. The van der Waals surface area contributed by atoms with Crippen LogP contribution in [0.4, 0.5) is 0 Å². The molecule has 2 aromatic rings. The summed E-state index contributed by atoms with van der Waals surface area (Å²) in [5.41, 5.74) is 3.55. The highest BCUT2D eigenvalue weighted by atomic mass is 16.5. The summed E-state index contributed by atoms with van der Waals surface area (Å²) in [5.74, 6) is -0.820. The van der Waals surface area contributed by atoms with Crippen molar-refractivity contribution in [2.45, 2.75) is 84.5 Å². The van der Waals surface area contributed by atoms with E-state index in [1.54, 1.807) is 6.08 Å². The highest BCUT2D eigenvalue weighted by Gasteiger charge is 2.29. The number of oxazole rings is 1. The Kier molecular flexibility index (Phi) is 14.4. The van der Waals surface area contributed by atoms with Gasteiger partial charge in [-0.2, -0.15) is 0 Å². The number of morpholine rings is 1. The summed E-state index contributed by atoms with van der Waals surface area (Å²) in [4.78, 5) is 60.3. The maximum atomic E-state index is 13.2. The van der Waals surface area contributed by atoms with Crippen LogP contribution in [0, 0.1) is 5.92 Å². The summed E-state index contributed by atoms with van der Waals surface area (Å²) in [6.45, 7) is 10.8. The number of hydrogen-bond donors (Lipinski definition) is 1. The summed E-state index contributed by atoms with van der Waals surface area (Å²) in [5, 5.41) is 2.92. The second-order valence-electron chi connectivity index (χ2n) is 13.8. The van der Waals surface area contributed by atoms with Crippen molar-refractivity contribution in [3.63, 3.8) is 0 Å². The van der Waals surface area contributed by atoms with Crippen LogP contribution in [-0.4, -0.2) is 96.7 Å².